The Hall–Kier alpha value is -0.550. The average Bonchev–Trinajstić information content (AvgIpc) is 2.57. The summed E-state index contributed by atoms with van der Waals surface area (Å²) in [6, 6.07) is 0.473. The number of thioether (sulfide) groups is 1. The standard InChI is InChI=1S/C11H22N4S/c1-6-12-9(11(3,4)5)7-16-10-13-8(2)14-15-10/h9,12H,6-7H2,1-5H3,(H,13,14,15). The summed E-state index contributed by atoms with van der Waals surface area (Å²) in [7, 11) is 0. The molecule has 0 saturated carbocycles. The van der Waals surface area contributed by atoms with Crippen LogP contribution >= 0.6 is 11.8 Å². The summed E-state index contributed by atoms with van der Waals surface area (Å²) in [6.07, 6.45) is 0. The van der Waals surface area contributed by atoms with Gasteiger partial charge in [-0.1, -0.05) is 39.5 Å². The highest BCUT2D eigenvalue weighted by Crippen LogP contribution is 2.24. The SMILES string of the molecule is CCNC(CSc1n[nH]c(C)n1)C(C)(C)C. The summed E-state index contributed by atoms with van der Waals surface area (Å²) in [4.78, 5) is 4.29. The lowest BCUT2D eigenvalue weighted by Crippen LogP contribution is -2.42. The molecule has 2 N–H and O–H groups in total. The number of hydrogen-bond acceptors (Lipinski definition) is 4. The maximum atomic E-state index is 4.29. The van der Waals surface area contributed by atoms with Gasteiger partial charge in [0.2, 0.25) is 5.16 Å². The van der Waals surface area contributed by atoms with Gasteiger partial charge in [-0.25, -0.2) is 4.98 Å². The Labute approximate surface area is 102 Å². The maximum absolute atomic E-state index is 4.29. The maximum Gasteiger partial charge on any atom is 0.208 e. The van der Waals surface area contributed by atoms with E-state index in [2.05, 4.69) is 48.2 Å². The van der Waals surface area contributed by atoms with Crippen molar-refractivity contribution in [3.8, 4) is 0 Å². The summed E-state index contributed by atoms with van der Waals surface area (Å²) in [5.41, 5.74) is 0.258. The van der Waals surface area contributed by atoms with Crippen molar-refractivity contribution >= 4 is 11.8 Å². The summed E-state index contributed by atoms with van der Waals surface area (Å²) < 4.78 is 0. The highest BCUT2D eigenvalue weighted by molar-refractivity contribution is 7.99. The number of hydrogen-bond donors (Lipinski definition) is 2. The van der Waals surface area contributed by atoms with Gasteiger partial charge in [0, 0.05) is 11.8 Å². The van der Waals surface area contributed by atoms with Gasteiger partial charge in [0.1, 0.15) is 5.82 Å². The van der Waals surface area contributed by atoms with E-state index in [4.69, 9.17) is 0 Å². The van der Waals surface area contributed by atoms with Gasteiger partial charge < -0.3 is 5.32 Å². The minimum atomic E-state index is 0.258. The predicted molar refractivity (Wildman–Crippen MR) is 68.8 cm³/mol. The van der Waals surface area contributed by atoms with Crippen molar-refractivity contribution < 1.29 is 0 Å². The van der Waals surface area contributed by atoms with Crippen molar-refractivity contribution in [2.75, 3.05) is 12.3 Å². The highest BCUT2D eigenvalue weighted by Gasteiger charge is 2.24. The van der Waals surface area contributed by atoms with E-state index in [-0.39, 0.29) is 5.41 Å². The normalized spacial score (nSPS) is 14.1. The third-order valence-electron chi connectivity index (χ3n) is 2.45. The van der Waals surface area contributed by atoms with Crippen LogP contribution in [-0.2, 0) is 0 Å². The van der Waals surface area contributed by atoms with Gasteiger partial charge in [0.25, 0.3) is 0 Å². The Bertz CT molecular complexity index is 316. The van der Waals surface area contributed by atoms with Crippen molar-refractivity contribution in [1.29, 1.82) is 0 Å². The molecule has 1 rings (SSSR count). The molecule has 4 nitrogen and oxygen atoms in total. The van der Waals surface area contributed by atoms with Gasteiger partial charge in [-0.3, -0.25) is 5.10 Å². The molecule has 0 aliphatic rings. The second-order valence-electron chi connectivity index (χ2n) is 4.99. The molecule has 5 heteroatoms. The van der Waals surface area contributed by atoms with E-state index in [1.807, 2.05) is 6.92 Å². The molecular weight excluding hydrogens is 220 g/mol. The largest absolute Gasteiger partial charge is 0.313 e. The molecule has 1 atom stereocenters. The van der Waals surface area contributed by atoms with E-state index in [0.717, 1.165) is 23.3 Å². The Morgan fingerprint density at radius 2 is 2.12 bits per heavy atom. The number of nitrogens with one attached hydrogen (secondary N) is 2. The van der Waals surface area contributed by atoms with Gasteiger partial charge in [0.15, 0.2) is 0 Å². The Morgan fingerprint density at radius 1 is 1.44 bits per heavy atom. The lowest BCUT2D eigenvalue weighted by atomic mass is 9.88. The topological polar surface area (TPSA) is 53.6 Å². The van der Waals surface area contributed by atoms with Crippen LogP contribution in [0.15, 0.2) is 5.16 Å². The van der Waals surface area contributed by atoms with Crippen LogP contribution in [0.4, 0.5) is 0 Å². The fourth-order valence-corrected chi connectivity index (χ4v) is 2.65. The minimum absolute atomic E-state index is 0.258. The molecule has 0 aromatic carbocycles. The van der Waals surface area contributed by atoms with Gasteiger partial charge in [-0.05, 0) is 18.9 Å². The first-order valence-electron chi connectivity index (χ1n) is 5.68. The van der Waals surface area contributed by atoms with Crippen LogP contribution in [0.25, 0.3) is 0 Å². The zero-order valence-corrected chi connectivity index (χ0v) is 11.6. The van der Waals surface area contributed by atoms with Crippen molar-refractivity contribution in [1.82, 2.24) is 20.5 Å². The van der Waals surface area contributed by atoms with Gasteiger partial charge >= 0.3 is 0 Å². The summed E-state index contributed by atoms with van der Waals surface area (Å²) in [5, 5.41) is 11.3. The van der Waals surface area contributed by atoms with E-state index in [1.54, 1.807) is 11.8 Å². The fraction of sp³-hybridized carbons (Fsp3) is 0.818. The van der Waals surface area contributed by atoms with Crippen LogP contribution in [0.5, 0.6) is 0 Å². The molecule has 0 bridgehead atoms. The van der Waals surface area contributed by atoms with Crippen molar-refractivity contribution in [2.45, 2.75) is 45.8 Å². The van der Waals surface area contributed by atoms with E-state index < -0.39 is 0 Å². The molecule has 0 fully saturated rings. The van der Waals surface area contributed by atoms with Gasteiger partial charge in [0.05, 0.1) is 0 Å². The van der Waals surface area contributed by atoms with Crippen molar-refractivity contribution in [3.63, 3.8) is 0 Å². The predicted octanol–water partition coefficient (Wildman–Crippen LogP) is 2.23. The monoisotopic (exact) mass is 242 g/mol. The first-order valence-corrected chi connectivity index (χ1v) is 6.67. The molecule has 1 aromatic rings. The van der Waals surface area contributed by atoms with Crippen LogP contribution < -0.4 is 5.32 Å². The number of nitrogens with zero attached hydrogens (tertiary/aromatic N) is 2. The zero-order chi connectivity index (χ0) is 12.2. The number of aromatic amines is 1. The van der Waals surface area contributed by atoms with Crippen LogP contribution in [-0.4, -0.2) is 33.5 Å². The van der Waals surface area contributed by atoms with Crippen LogP contribution in [0.2, 0.25) is 0 Å². The van der Waals surface area contributed by atoms with Crippen LogP contribution in [0, 0.1) is 12.3 Å². The third-order valence-corrected chi connectivity index (χ3v) is 3.39. The molecule has 0 aliphatic carbocycles. The Balaban J connectivity index is 2.50. The van der Waals surface area contributed by atoms with E-state index >= 15 is 0 Å². The Kier molecular flexibility index (Phi) is 4.80. The lowest BCUT2D eigenvalue weighted by molar-refractivity contribution is 0.295. The molecule has 0 spiro atoms. The highest BCUT2D eigenvalue weighted by atomic mass is 32.2. The first-order chi connectivity index (χ1) is 7.43. The number of H-pyrrole nitrogens is 1. The molecule has 0 amide bonds. The quantitative estimate of drug-likeness (QED) is 0.777. The molecule has 1 unspecified atom stereocenters. The van der Waals surface area contributed by atoms with E-state index in [0.29, 0.717) is 6.04 Å². The van der Waals surface area contributed by atoms with E-state index in [1.165, 1.54) is 0 Å². The van der Waals surface area contributed by atoms with Gasteiger partial charge in [-0.2, -0.15) is 0 Å². The second kappa shape index (κ2) is 5.68. The minimum Gasteiger partial charge on any atom is -0.313 e. The molecule has 0 saturated heterocycles. The lowest BCUT2D eigenvalue weighted by Gasteiger charge is -2.30. The van der Waals surface area contributed by atoms with Crippen molar-refractivity contribution in [2.24, 2.45) is 5.41 Å². The average molecular weight is 242 g/mol. The Morgan fingerprint density at radius 3 is 2.56 bits per heavy atom. The number of rotatable bonds is 5. The first kappa shape index (κ1) is 13.5. The van der Waals surface area contributed by atoms with E-state index in [9.17, 15) is 0 Å². The molecule has 1 heterocycles. The molecule has 16 heavy (non-hydrogen) atoms. The van der Waals surface area contributed by atoms with Crippen molar-refractivity contribution in [3.05, 3.63) is 5.82 Å². The molecule has 92 valence electrons. The number of aryl methyl sites for hydroxylation is 1. The van der Waals surface area contributed by atoms with Crippen LogP contribution in [0.1, 0.15) is 33.5 Å². The smallest absolute Gasteiger partial charge is 0.208 e. The summed E-state index contributed by atoms with van der Waals surface area (Å²) in [6.45, 7) is 11.8. The second-order valence-corrected chi connectivity index (χ2v) is 5.98. The molecule has 1 aromatic heterocycles. The van der Waals surface area contributed by atoms with Crippen LogP contribution in [0.3, 0.4) is 0 Å². The fourth-order valence-electron chi connectivity index (χ4n) is 1.41. The summed E-state index contributed by atoms with van der Waals surface area (Å²) >= 11 is 1.70. The number of aromatic nitrogens is 3. The third kappa shape index (κ3) is 4.14. The zero-order valence-electron chi connectivity index (χ0n) is 10.8. The molecule has 0 radical (unpaired) electrons. The molecular formula is C11H22N4S. The molecule has 0 aliphatic heterocycles. The van der Waals surface area contributed by atoms with Gasteiger partial charge in [-0.15, -0.1) is 5.10 Å². The summed E-state index contributed by atoms with van der Waals surface area (Å²) in [5.74, 6) is 1.87.